The number of rotatable bonds is 8. The molecule has 7 nitrogen and oxygen atoms in total. The molecule has 0 aromatic carbocycles. The Hall–Kier alpha value is -1.93. The van der Waals surface area contributed by atoms with Crippen LogP contribution in [0, 0.1) is 0 Å². The molecule has 0 unspecified atom stereocenters. The van der Waals surface area contributed by atoms with Gasteiger partial charge in [0, 0.05) is 44.0 Å². The zero-order chi connectivity index (χ0) is 22.9. The van der Waals surface area contributed by atoms with Crippen molar-refractivity contribution in [1.29, 1.82) is 0 Å². The summed E-state index contributed by atoms with van der Waals surface area (Å²) >= 11 is 1.58. The summed E-state index contributed by atoms with van der Waals surface area (Å²) in [6, 6.07) is 0.0535. The van der Waals surface area contributed by atoms with Crippen LogP contribution in [0.5, 0.6) is 0 Å². The highest BCUT2D eigenvalue weighted by atomic mass is 32.1. The van der Waals surface area contributed by atoms with E-state index in [2.05, 4.69) is 26.6 Å². The van der Waals surface area contributed by atoms with Crippen molar-refractivity contribution < 1.29 is 9.59 Å². The van der Waals surface area contributed by atoms with Crippen LogP contribution in [0.1, 0.15) is 85.6 Å². The summed E-state index contributed by atoms with van der Waals surface area (Å²) in [4.78, 5) is 34.0. The van der Waals surface area contributed by atoms with Crippen LogP contribution < -0.4 is 10.6 Å². The minimum Gasteiger partial charge on any atom is -0.349 e. The Balaban J connectivity index is 1.15. The predicted molar refractivity (Wildman–Crippen MR) is 133 cm³/mol. The average molecular weight is 474 g/mol. The fraction of sp³-hybridized carbons (Fsp3) is 0.720. The number of likely N-dealkylation sites (tertiary alicyclic amines) is 2. The second-order valence-corrected chi connectivity index (χ2v) is 10.5. The van der Waals surface area contributed by atoms with E-state index >= 15 is 0 Å². The Morgan fingerprint density at radius 1 is 1.00 bits per heavy atom. The van der Waals surface area contributed by atoms with Crippen molar-refractivity contribution in [2.75, 3.05) is 45.8 Å². The Labute approximate surface area is 202 Å². The Kier molecular flexibility index (Phi) is 9.17. The summed E-state index contributed by atoms with van der Waals surface area (Å²) in [6.45, 7) is 6.11. The standard InChI is InChI=1S/C25H39N5O2S/c31-23(26-13-18-29-14-5-2-6-15-29)22-19-33-24(28-22)21-10-16-30(17-11-21)25(32)27-12-9-20-7-3-1-4-8-20/h7,19,21H,1-6,8-18H2,(H,26,31)(H,27,32). The van der Waals surface area contributed by atoms with E-state index < -0.39 is 0 Å². The van der Waals surface area contributed by atoms with Gasteiger partial charge in [-0.2, -0.15) is 0 Å². The molecule has 4 rings (SSSR count). The molecule has 182 valence electrons. The molecule has 1 aromatic heterocycles. The van der Waals surface area contributed by atoms with E-state index in [1.165, 1.54) is 50.5 Å². The molecule has 2 saturated heterocycles. The number of aromatic nitrogens is 1. The molecule has 2 fully saturated rings. The van der Waals surface area contributed by atoms with Crippen molar-refractivity contribution in [3.8, 4) is 0 Å². The van der Waals surface area contributed by atoms with Crippen molar-refractivity contribution in [1.82, 2.24) is 25.4 Å². The van der Waals surface area contributed by atoms with E-state index in [0.717, 1.165) is 63.5 Å². The van der Waals surface area contributed by atoms with E-state index in [1.807, 2.05) is 10.3 Å². The number of hydrogen-bond acceptors (Lipinski definition) is 5. The molecule has 3 amide bonds. The molecule has 0 atom stereocenters. The van der Waals surface area contributed by atoms with E-state index in [0.29, 0.717) is 18.2 Å². The first kappa shape index (κ1) is 24.2. The molecular formula is C25H39N5O2S. The third kappa shape index (κ3) is 7.27. The third-order valence-corrected chi connectivity index (χ3v) is 8.16. The molecule has 3 aliphatic rings. The summed E-state index contributed by atoms with van der Waals surface area (Å²) in [5, 5.41) is 9.03. The van der Waals surface area contributed by atoms with Crippen LogP contribution in [-0.2, 0) is 0 Å². The first-order valence-corrected chi connectivity index (χ1v) is 13.7. The van der Waals surface area contributed by atoms with Gasteiger partial charge in [0.15, 0.2) is 0 Å². The number of amides is 3. The molecule has 0 radical (unpaired) electrons. The van der Waals surface area contributed by atoms with Crippen molar-refractivity contribution in [2.45, 2.75) is 70.1 Å². The molecule has 33 heavy (non-hydrogen) atoms. The number of nitrogens with one attached hydrogen (secondary N) is 2. The van der Waals surface area contributed by atoms with Crippen LogP contribution in [0.25, 0.3) is 0 Å². The fourth-order valence-corrected chi connectivity index (χ4v) is 6.05. The smallest absolute Gasteiger partial charge is 0.317 e. The third-order valence-electron chi connectivity index (χ3n) is 7.16. The van der Waals surface area contributed by atoms with Crippen LogP contribution in [0.15, 0.2) is 17.0 Å². The first-order chi connectivity index (χ1) is 16.2. The van der Waals surface area contributed by atoms with E-state index in [1.54, 1.807) is 11.3 Å². The largest absolute Gasteiger partial charge is 0.349 e. The van der Waals surface area contributed by atoms with Gasteiger partial charge in [-0.3, -0.25) is 4.79 Å². The highest BCUT2D eigenvalue weighted by Gasteiger charge is 2.26. The highest BCUT2D eigenvalue weighted by molar-refractivity contribution is 7.09. The molecule has 0 bridgehead atoms. The molecule has 1 aromatic rings. The van der Waals surface area contributed by atoms with Crippen molar-refractivity contribution in [3.63, 3.8) is 0 Å². The average Bonchev–Trinajstić information content (AvgIpc) is 3.36. The Bertz CT molecular complexity index is 809. The molecule has 2 aliphatic heterocycles. The number of carbonyl (C=O) groups excluding carboxylic acids is 2. The Morgan fingerprint density at radius 2 is 1.82 bits per heavy atom. The molecule has 0 saturated carbocycles. The van der Waals surface area contributed by atoms with Crippen LogP contribution in [-0.4, -0.2) is 72.5 Å². The van der Waals surface area contributed by atoms with Crippen LogP contribution in [0.3, 0.4) is 0 Å². The van der Waals surface area contributed by atoms with Crippen LogP contribution in [0.2, 0.25) is 0 Å². The predicted octanol–water partition coefficient (Wildman–Crippen LogP) is 4.14. The van der Waals surface area contributed by atoms with Gasteiger partial charge in [0.25, 0.3) is 5.91 Å². The second-order valence-electron chi connectivity index (χ2n) is 9.58. The number of hydrogen-bond donors (Lipinski definition) is 2. The van der Waals surface area contributed by atoms with Gasteiger partial charge in [0.1, 0.15) is 5.69 Å². The summed E-state index contributed by atoms with van der Waals surface area (Å²) in [5.41, 5.74) is 2.03. The van der Waals surface area contributed by atoms with Crippen molar-refractivity contribution >= 4 is 23.3 Å². The lowest BCUT2D eigenvalue weighted by Gasteiger charge is -2.31. The van der Waals surface area contributed by atoms with E-state index in [9.17, 15) is 9.59 Å². The molecule has 0 spiro atoms. The van der Waals surface area contributed by atoms with Crippen LogP contribution in [0.4, 0.5) is 4.79 Å². The number of allylic oxidation sites excluding steroid dienone is 1. The van der Waals surface area contributed by atoms with Gasteiger partial charge in [-0.15, -0.1) is 11.3 Å². The van der Waals surface area contributed by atoms with Crippen molar-refractivity contribution in [2.24, 2.45) is 0 Å². The summed E-state index contributed by atoms with van der Waals surface area (Å²) in [6.07, 6.45) is 14.0. The lowest BCUT2D eigenvalue weighted by atomic mass is 9.97. The lowest BCUT2D eigenvalue weighted by molar-refractivity contribution is 0.0942. The molecule has 2 N–H and O–H groups in total. The normalized spacial score (nSPS) is 20.4. The van der Waals surface area contributed by atoms with Gasteiger partial charge < -0.3 is 20.4 Å². The van der Waals surface area contributed by atoms with E-state index in [-0.39, 0.29) is 11.9 Å². The van der Waals surface area contributed by atoms with Gasteiger partial charge >= 0.3 is 6.03 Å². The quantitative estimate of drug-likeness (QED) is 0.557. The highest BCUT2D eigenvalue weighted by Crippen LogP contribution is 2.30. The summed E-state index contributed by atoms with van der Waals surface area (Å²) in [7, 11) is 0. The van der Waals surface area contributed by atoms with Gasteiger partial charge in [-0.1, -0.05) is 18.1 Å². The van der Waals surface area contributed by atoms with Crippen molar-refractivity contribution in [3.05, 3.63) is 27.7 Å². The maximum atomic E-state index is 12.5. The zero-order valence-corrected chi connectivity index (χ0v) is 20.6. The van der Waals surface area contributed by atoms with E-state index in [4.69, 9.17) is 0 Å². The number of thiazole rings is 1. The number of carbonyl (C=O) groups is 2. The van der Waals surface area contributed by atoms with Gasteiger partial charge in [-0.05, 0) is 70.9 Å². The first-order valence-electron chi connectivity index (χ1n) is 12.9. The maximum Gasteiger partial charge on any atom is 0.317 e. The monoisotopic (exact) mass is 473 g/mol. The molecule has 8 heteroatoms. The summed E-state index contributed by atoms with van der Waals surface area (Å²) in [5.74, 6) is 0.265. The number of nitrogens with zero attached hydrogens (tertiary/aromatic N) is 3. The van der Waals surface area contributed by atoms with Gasteiger partial charge in [0.2, 0.25) is 0 Å². The minimum atomic E-state index is -0.0700. The molecular weight excluding hydrogens is 434 g/mol. The summed E-state index contributed by atoms with van der Waals surface area (Å²) < 4.78 is 0. The number of urea groups is 1. The van der Waals surface area contributed by atoms with Crippen LogP contribution >= 0.6 is 11.3 Å². The molecule has 3 heterocycles. The van der Waals surface area contributed by atoms with Gasteiger partial charge in [-0.25, -0.2) is 9.78 Å². The lowest BCUT2D eigenvalue weighted by Crippen LogP contribution is -2.44. The minimum absolute atomic E-state index is 0.0535. The topological polar surface area (TPSA) is 77.6 Å². The zero-order valence-electron chi connectivity index (χ0n) is 19.8. The SMILES string of the molecule is O=C(NCCN1CCCCC1)c1csc(C2CCN(C(=O)NCCC3=CCCCC3)CC2)n1. The second kappa shape index (κ2) is 12.5. The van der Waals surface area contributed by atoms with Gasteiger partial charge in [0.05, 0.1) is 5.01 Å². The Morgan fingerprint density at radius 3 is 2.58 bits per heavy atom. The molecule has 1 aliphatic carbocycles. The maximum absolute atomic E-state index is 12.5. The fourth-order valence-electron chi connectivity index (χ4n) is 5.08. The number of piperidine rings is 2.